The van der Waals surface area contributed by atoms with Gasteiger partial charge in [-0.15, -0.1) is 0 Å². The fourth-order valence-corrected chi connectivity index (χ4v) is 5.22. The summed E-state index contributed by atoms with van der Waals surface area (Å²) in [6.45, 7) is 6.44. The summed E-state index contributed by atoms with van der Waals surface area (Å²) in [4.78, 5) is 83.5. The average Bonchev–Trinajstić information content (AvgIpc) is 3.35. The highest BCUT2D eigenvalue weighted by Crippen LogP contribution is 2.26. The van der Waals surface area contributed by atoms with Crippen molar-refractivity contribution in [2.24, 2.45) is 17.6 Å². The van der Waals surface area contributed by atoms with Crippen LogP contribution in [0.15, 0.2) is 0 Å². The Kier molecular flexibility index (Phi) is 23.6. The summed E-state index contributed by atoms with van der Waals surface area (Å²) in [6.07, 6.45) is 0.406. The minimum atomic E-state index is -1.19. The van der Waals surface area contributed by atoms with E-state index in [1.807, 2.05) is 13.8 Å². The Morgan fingerprint density at radius 3 is 1.94 bits per heavy atom. The van der Waals surface area contributed by atoms with E-state index in [1.165, 1.54) is 16.7 Å². The van der Waals surface area contributed by atoms with Gasteiger partial charge in [-0.2, -0.15) is 11.8 Å². The van der Waals surface area contributed by atoms with E-state index in [4.69, 9.17) is 29.8 Å². The van der Waals surface area contributed by atoms with Crippen LogP contribution in [-0.4, -0.2) is 153 Å². The minimum absolute atomic E-state index is 0.0377. The highest BCUT2D eigenvalue weighted by molar-refractivity contribution is 7.99. The van der Waals surface area contributed by atoms with Crippen LogP contribution in [0.1, 0.15) is 46.0 Å². The molecule has 1 saturated heterocycles. The smallest absolute Gasteiger partial charge is 0.326 e. The molecule has 0 radical (unpaired) electrons. The first-order valence-corrected chi connectivity index (χ1v) is 17.8. The van der Waals surface area contributed by atoms with Gasteiger partial charge in [0.1, 0.15) is 12.1 Å². The molecule has 18 nitrogen and oxygen atoms in total. The van der Waals surface area contributed by atoms with E-state index in [0.717, 1.165) is 0 Å². The molecule has 3 unspecified atom stereocenters. The summed E-state index contributed by atoms with van der Waals surface area (Å²) in [7, 11) is 0. The molecule has 50 heavy (non-hydrogen) atoms. The maximum Gasteiger partial charge on any atom is 0.326 e. The van der Waals surface area contributed by atoms with Crippen molar-refractivity contribution < 1.29 is 62.7 Å². The van der Waals surface area contributed by atoms with E-state index < -0.39 is 29.9 Å². The number of carbonyl (C=O) groups is 7. The summed E-state index contributed by atoms with van der Waals surface area (Å²) in [5, 5.41) is 25.8. The lowest BCUT2D eigenvalue weighted by atomic mass is 9.94. The van der Waals surface area contributed by atoms with Gasteiger partial charge in [0.15, 0.2) is 0 Å². The molecular formula is C31H53N5O13S. The van der Waals surface area contributed by atoms with Gasteiger partial charge in [-0.25, -0.2) is 4.79 Å². The molecule has 0 bridgehead atoms. The number of nitrogens with zero attached hydrogens (tertiary/aromatic N) is 1. The van der Waals surface area contributed by atoms with Crippen LogP contribution < -0.4 is 21.7 Å². The van der Waals surface area contributed by atoms with Crippen molar-refractivity contribution in [2.75, 3.05) is 84.0 Å². The molecule has 5 amide bonds. The van der Waals surface area contributed by atoms with Crippen molar-refractivity contribution in [1.82, 2.24) is 20.9 Å². The maximum atomic E-state index is 12.3. The number of hydrogen-bond donors (Lipinski definition) is 6. The molecule has 1 fully saturated rings. The Morgan fingerprint density at radius 1 is 0.800 bits per heavy atom. The van der Waals surface area contributed by atoms with Crippen LogP contribution in [0.25, 0.3) is 0 Å². The van der Waals surface area contributed by atoms with Crippen molar-refractivity contribution >= 4 is 53.2 Å². The van der Waals surface area contributed by atoms with Crippen LogP contribution in [0.4, 0.5) is 0 Å². The van der Waals surface area contributed by atoms with Crippen molar-refractivity contribution in [2.45, 2.75) is 58.0 Å². The Hall–Kier alpha value is -3.36. The second-order valence-electron chi connectivity index (χ2n) is 11.6. The molecule has 1 aliphatic heterocycles. The van der Waals surface area contributed by atoms with Gasteiger partial charge in [-0.3, -0.25) is 33.7 Å². The van der Waals surface area contributed by atoms with E-state index in [0.29, 0.717) is 38.7 Å². The predicted molar refractivity (Wildman–Crippen MR) is 180 cm³/mol. The molecule has 0 aliphatic carbocycles. The lowest BCUT2D eigenvalue weighted by molar-refractivity contribution is -0.142. The quantitative estimate of drug-likeness (QED) is 0.0366. The van der Waals surface area contributed by atoms with E-state index in [-0.39, 0.29) is 113 Å². The number of nitrogens with two attached hydrogens (primary N) is 1. The van der Waals surface area contributed by atoms with Gasteiger partial charge in [0.2, 0.25) is 29.5 Å². The van der Waals surface area contributed by atoms with Gasteiger partial charge in [-0.1, -0.05) is 13.8 Å². The van der Waals surface area contributed by atoms with Crippen molar-refractivity contribution in [3.05, 3.63) is 0 Å². The lowest BCUT2D eigenvalue weighted by Crippen LogP contribution is -2.41. The lowest BCUT2D eigenvalue weighted by Gasteiger charge is -2.16. The second kappa shape index (κ2) is 26.4. The number of likely N-dealkylation sites (tertiary alicyclic amines) is 1. The van der Waals surface area contributed by atoms with Gasteiger partial charge < -0.3 is 50.8 Å². The highest BCUT2D eigenvalue weighted by atomic mass is 32.2. The number of ether oxygens (including phenoxy) is 4. The number of amides is 5. The second-order valence-corrected chi connectivity index (χ2v) is 12.7. The number of imide groups is 1. The van der Waals surface area contributed by atoms with Crippen LogP contribution in [0.3, 0.4) is 0 Å². The number of nitrogens with one attached hydrogen (secondary N) is 3. The number of aliphatic carboxylic acids is 2. The number of rotatable bonds is 30. The van der Waals surface area contributed by atoms with Crippen LogP contribution in [0.5, 0.6) is 0 Å². The molecule has 286 valence electrons. The number of carboxylic acid groups (broad SMARTS) is 2. The molecule has 1 heterocycles. The summed E-state index contributed by atoms with van der Waals surface area (Å²) in [6, 6.07) is -2.17. The van der Waals surface area contributed by atoms with E-state index in [1.54, 1.807) is 0 Å². The molecule has 0 aromatic heterocycles. The molecule has 0 saturated carbocycles. The van der Waals surface area contributed by atoms with Gasteiger partial charge in [0.25, 0.3) is 0 Å². The average molecular weight is 736 g/mol. The zero-order valence-corrected chi connectivity index (χ0v) is 29.7. The Balaban J connectivity index is 1.95. The normalized spacial score (nSPS) is 15.6. The third kappa shape index (κ3) is 20.3. The summed E-state index contributed by atoms with van der Waals surface area (Å²) < 4.78 is 21.5. The number of hydrogen-bond acceptors (Lipinski definition) is 13. The topological polar surface area (TPSA) is 262 Å². The van der Waals surface area contributed by atoms with Gasteiger partial charge >= 0.3 is 11.9 Å². The first-order valence-electron chi connectivity index (χ1n) is 16.6. The molecular weight excluding hydrogens is 682 g/mol. The first-order chi connectivity index (χ1) is 23.8. The Labute approximate surface area is 296 Å². The standard InChI is InChI=1S/C31H53N5O13S/c1-21(2)22-19-28(40)36(29(22)41)9-4-25(37)34-8-11-47-13-15-49-17-16-48-14-12-46-10-5-26(38)35-24(31(44)45)6-18-50-20-27(39)33-7-3-23(32)30(42)43/h21-24H,3-20,32H2,1-2H3,(H,33,39)(H,34,37)(H,35,38)(H,42,43)(H,44,45). The van der Waals surface area contributed by atoms with Crippen molar-refractivity contribution in [3.8, 4) is 0 Å². The van der Waals surface area contributed by atoms with E-state index >= 15 is 0 Å². The van der Waals surface area contributed by atoms with Gasteiger partial charge in [0.05, 0.1) is 58.6 Å². The monoisotopic (exact) mass is 735 g/mol. The molecule has 19 heteroatoms. The number of thioether (sulfide) groups is 1. The Morgan fingerprint density at radius 2 is 1.38 bits per heavy atom. The molecule has 1 rings (SSSR count). The summed E-state index contributed by atoms with van der Waals surface area (Å²) in [5.74, 6) is -3.74. The van der Waals surface area contributed by atoms with Crippen LogP contribution >= 0.6 is 11.8 Å². The van der Waals surface area contributed by atoms with Crippen LogP contribution in [0.2, 0.25) is 0 Å². The van der Waals surface area contributed by atoms with Crippen LogP contribution in [-0.2, 0) is 52.5 Å². The maximum absolute atomic E-state index is 12.3. The highest BCUT2D eigenvalue weighted by Gasteiger charge is 2.39. The van der Waals surface area contributed by atoms with Crippen LogP contribution in [0, 0.1) is 11.8 Å². The molecule has 7 N–H and O–H groups in total. The Bertz CT molecular complexity index is 1100. The minimum Gasteiger partial charge on any atom is -0.480 e. The molecule has 0 spiro atoms. The third-order valence-corrected chi connectivity index (χ3v) is 8.31. The third-order valence-electron chi connectivity index (χ3n) is 7.32. The van der Waals surface area contributed by atoms with Gasteiger partial charge in [0, 0.05) is 44.8 Å². The van der Waals surface area contributed by atoms with E-state index in [9.17, 15) is 38.7 Å². The first kappa shape index (κ1) is 44.7. The largest absolute Gasteiger partial charge is 0.480 e. The predicted octanol–water partition coefficient (Wildman–Crippen LogP) is -1.41. The van der Waals surface area contributed by atoms with Gasteiger partial charge in [-0.05, 0) is 24.5 Å². The van der Waals surface area contributed by atoms with Crippen molar-refractivity contribution in [1.29, 1.82) is 0 Å². The fraction of sp³-hybridized carbons (Fsp3) is 0.774. The van der Waals surface area contributed by atoms with E-state index in [2.05, 4.69) is 16.0 Å². The zero-order chi connectivity index (χ0) is 37.3. The molecule has 0 aromatic carbocycles. The molecule has 0 aromatic rings. The summed E-state index contributed by atoms with van der Waals surface area (Å²) in [5.41, 5.74) is 5.36. The summed E-state index contributed by atoms with van der Waals surface area (Å²) >= 11 is 1.19. The molecule has 1 aliphatic rings. The SMILES string of the molecule is CC(C)C1CC(=O)N(CCC(=O)NCCOCCOCCOCCOCCC(=O)NC(CCSCC(=O)NCCC(N)C(=O)O)C(=O)O)C1=O. The van der Waals surface area contributed by atoms with Crippen molar-refractivity contribution in [3.63, 3.8) is 0 Å². The number of carbonyl (C=O) groups excluding carboxylic acids is 5. The molecule has 3 atom stereocenters. The fourth-order valence-electron chi connectivity index (χ4n) is 4.39. The number of carboxylic acids is 2. The zero-order valence-electron chi connectivity index (χ0n) is 28.9.